The lowest BCUT2D eigenvalue weighted by Gasteiger charge is -2.30. The molecule has 0 heterocycles. The van der Waals surface area contributed by atoms with Gasteiger partial charge in [-0.3, -0.25) is 0 Å². The fourth-order valence-electron chi connectivity index (χ4n) is 3.32. The van der Waals surface area contributed by atoms with Crippen molar-refractivity contribution in [2.75, 3.05) is 12.3 Å². The molecule has 0 radical (unpaired) electrons. The molecule has 0 spiro atoms. The monoisotopic (exact) mass is 360 g/mol. The van der Waals surface area contributed by atoms with Crippen LogP contribution >= 0.6 is 17.8 Å². The van der Waals surface area contributed by atoms with E-state index in [-0.39, 0.29) is 0 Å². The minimum absolute atomic E-state index is 0.567. The second-order valence-corrected chi connectivity index (χ2v) is 10.3. The summed E-state index contributed by atoms with van der Waals surface area (Å²) in [4.78, 5) is 0. The summed E-state index contributed by atoms with van der Waals surface area (Å²) < 4.78 is 0. The molecule has 140 valence electrons. The van der Waals surface area contributed by atoms with Crippen molar-refractivity contribution in [3.63, 3.8) is 0 Å². The molecule has 0 nitrogen and oxygen atoms in total. The zero-order valence-electron chi connectivity index (χ0n) is 16.6. The molecule has 0 aliphatic carbocycles. The van der Waals surface area contributed by atoms with E-state index < -0.39 is 0 Å². The summed E-state index contributed by atoms with van der Waals surface area (Å²) in [5, 5.41) is 0.567. The molecule has 0 N–H and O–H groups in total. The van der Waals surface area contributed by atoms with Crippen molar-refractivity contribution in [1.29, 1.82) is 0 Å². The maximum absolute atomic E-state index is 3.31. The summed E-state index contributed by atoms with van der Waals surface area (Å²) in [6, 6.07) is 0. The molecule has 2 heteroatoms. The standard InChI is InChI=1S/C21H46P2/c1-4-7-10-13-16-21(22,17-14-11-8-5-2)18-20-23-19-15-12-9-6-3/h23H,4-20,22H2,1-3H3. The molecule has 0 bridgehead atoms. The quantitative estimate of drug-likeness (QED) is 0.171. The third-order valence-electron chi connectivity index (χ3n) is 5.06. The van der Waals surface area contributed by atoms with Crippen molar-refractivity contribution in [3.05, 3.63) is 0 Å². The van der Waals surface area contributed by atoms with Gasteiger partial charge in [-0.05, 0) is 43.2 Å². The molecule has 0 rings (SSSR count). The Morgan fingerprint density at radius 2 is 1.04 bits per heavy atom. The molecule has 23 heavy (non-hydrogen) atoms. The molecule has 0 aliphatic heterocycles. The molecule has 0 aromatic heterocycles. The maximum Gasteiger partial charge on any atom is -0.0147 e. The first-order chi connectivity index (χ1) is 11.2. The van der Waals surface area contributed by atoms with Gasteiger partial charge in [0.1, 0.15) is 0 Å². The molecule has 2 unspecified atom stereocenters. The van der Waals surface area contributed by atoms with E-state index in [2.05, 4.69) is 30.0 Å². The first-order valence-electron chi connectivity index (χ1n) is 10.7. The van der Waals surface area contributed by atoms with Crippen LogP contribution < -0.4 is 0 Å². The average Bonchev–Trinajstić information content (AvgIpc) is 2.55. The normalized spacial score (nSPS) is 12.5. The minimum Gasteiger partial charge on any atom is -0.131 e. The van der Waals surface area contributed by atoms with Crippen LogP contribution in [0, 0.1) is 0 Å². The van der Waals surface area contributed by atoms with E-state index >= 15 is 0 Å². The third kappa shape index (κ3) is 16.1. The Morgan fingerprint density at radius 3 is 1.52 bits per heavy atom. The van der Waals surface area contributed by atoms with E-state index in [1.54, 1.807) is 0 Å². The first-order valence-corrected chi connectivity index (χ1v) is 12.7. The highest BCUT2D eigenvalue weighted by atomic mass is 31.1. The topological polar surface area (TPSA) is 0 Å². The van der Waals surface area contributed by atoms with Crippen LogP contribution in [0.25, 0.3) is 0 Å². The van der Waals surface area contributed by atoms with Gasteiger partial charge in [-0.2, -0.15) is 0 Å². The maximum atomic E-state index is 3.31. The predicted molar refractivity (Wildman–Crippen MR) is 117 cm³/mol. The van der Waals surface area contributed by atoms with Gasteiger partial charge < -0.3 is 0 Å². The Kier molecular flexibility index (Phi) is 18.3. The summed E-state index contributed by atoms with van der Waals surface area (Å²) >= 11 is 0. The van der Waals surface area contributed by atoms with Crippen molar-refractivity contribution < 1.29 is 0 Å². The second-order valence-electron chi connectivity index (χ2n) is 7.54. The fourth-order valence-corrected chi connectivity index (χ4v) is 5.59. The Bertz CT molecular complexity index is 216. The van der Waals surface area contributed by atoms with Gasteiger partial charge in [-0.1, -0.05) is 91.4 Å². The second kappa shape index (κ2) is 17.7. The SMILES string of the molecule is CCCCCCPCCC(P)(CCCCCC)CCCCCC. The number of rotatable bonds is 18. The van der Waals surface area contributed by atoms with Crippen LogP contribution in [0.4, 0.5) is 0 Å². The molecule has 0 aliphatic rings. The molecule has 0 saturated carbocycles. The van der Waals surface area contributed by atoms with Gasteiger partial charge in [-0.15, -0.1) is 17.8 Å². The minimum atomic E-state index is 0.567. The van der Waals surface area contributed by atoms with E-state index in [1.807, 2.05) is 0 Å². The third-order valence-corrected chi connectivity index (χ3v) is 7.24. The lowest BCUT2D eigenvalue weighted by Crippen LogP contribution is -2.21. The van der Waals surface area contributed by atoms with Crippen LogP contribution in [-0.4, -0.2) is 17.5 Å². The molecular formula is C21H46P2. The van der Waals surface area contributed by atoms with E-state index in [4.69, 9.17) is 0 Å². The Morgan fingerprint density at radius 1 is 0.565 bits per heavy atom. The summed E-state index contributed by atoms with van der Waals surface area (Å²) in [7, 11) is 4.52. The zero-order valence-corrected chi connectivity index (χ0v) is 18.8. The van der Waals surface area contributed by atoms with Crippen LogP contribution in [-0.2, 0) is 0 Å². The summed E-state index contributed by atoms with van der Waals surface area (Å²) in [5.74, 6) is 0. The molecular weight excluding hydrogens is 314 g/mol. The predicted octanol–water partition coefficient (Wildman–Crippen LogP) is 8.19. The Hall–Kier alpha value is 0.860. The first kappa shape index (κ1) is 23.9. The molecule has 0 aromatic carbocycles. The molecule has 0 aromatic rings. The molecule has 0 fully saturated rings. The Balaban J connectivity index is 3.94. The van der Waals surface area contributed by atoms with E-state index in [1.165, 1.54) is 117 Å². The smallest absolute Gasteiger partial charge is 0.0147 e. The van der Waals surface area contributed by atoms with Crippen molar-refractivity contribution in [2.45, 2.75) is 122 Å². The summed E-state index contributed by atoms with van der Waals surface area (Å²) in [6.07, 6.45) is 24.4. The summed E-state index contributed by atoms with van der Waals surface area (Å²) in [6.45, 7) is 6.94. The highest BCUT2D eigenvalue weighted by Crippen LogP contribution is 2.37. The largest absolute Gasteiger partial charge is 0.131 e. The van der Waals surface area contributed by atoms with Crippen LogP contribution in [0.1, 0.15) is 117 Å². The Labute approximate surface area is 152 Å². The molecule has 0 amide bonds. The van der Waals surface area contributed by atoms with Gasteiger partial charge >= 0.3 is 0 Å². The van der Waals surface area contributed by atoms with Crippen LogP contribution in [0.2, 0.25) is 0 Å². The lowest BCUT2D eigenvalue weighted by atomic mass is 9.91. The zero-order chi connectivity index (χ0) is 17.2. The van der Waals surface area contributed by atoms with Gasteiger partial charge in [0.25, 0.3) is 0 Å². The summed E-state index contributed by atoms with van der Waals surface area (Å²) in [5.41, 5.74) is 0. The number of unbranched alkanes of at least 4 members (excludes halogenated alkanes) is 9. The van der Waals surface area contributed by atoms with Gasteiger partial charge in [-0.25, -0.2) is 0 Å². The highest BCUT2D eigenvalue weighted by Gasteiger charge is 2.22. The van der Waals surface area contributed by atoms with Crippen molar-refractivity contribution in [2.24, 2.45) is 0 Å². The van der Waals surface area contributed by atoms with Crippen molar-refractivity contribution in [3.8, 4) is 0 Å². The molecule has 2 atom stereocenters. The van der Waals surface area contributed by atoms with Crippen LogP contribution in [0.15, 0.2) is 0 Å². The lowest BCUT2D eigenvalue weighted by molar-refractivity contribution is 0.437. The van der Waals surface area contributed by atoms with Gasteiger partial charge in [0, 0.05) is 0 Å². The molecule has 0 saturated heterocycles. The number of hydrogen-bond acceptors (Lipinski definition) is 0. The average molecular weight is 361 g/mol. The van der Waals surface area contributed by atoms with E-state index in [0.717, 1.165) is 0 Å². The van der Waals surface area contributed by atoms with Gasteiger partial charge in [0.05, 0.1) is 0 Å². The van der Waals surface area contributed by atoms with Crippen molar-refractivity contribution >= 4 is 17.8 Å². The van der Waals surface area contributed by atoms with Gasteiger partial charge in [0.2, 0.25) is 0 Å². The number of hydrogen-bond donors (Lipinski definition) is 0. The van der Waals surface area contributed by atoms with E-state index in [0.29, 0.717) is 5.16 Å². The van der Waals surface area contributed by atoms with E-state index in [9.17, 15) is 0 Å². The van der Waals surface area contributed by atoms with Gasteiger partial charge in [0.15, 0.2) is 0 Å². The van der Waals surface area contributed by atoms with Crippen LogP contribution in [0.3, 0.4) is 0 Å². The fraction of sp³-hybridized carbons (Fsp3) is 1.00. The highest BCUT2D eigenvalue weighted by molar-refractivity contribution is 7.38. The van der Waals surface area contributed by atoms with Crippen LogP contribution in [0.5, 0.6) is 0 Å². The van der Waals surface area contributed by atoms with Crippen molar-refractivity contribution in [1.82, 2.24) is 0 Å².